The van der Waals surface area contributed by atoms with Gasteiger partial charge in [-0.2, -0.15) is 5.10 Å². The van der Waals surface area contributed by atoms with Gasteiger partial charge in [0.2, 0.25) is 0 Å². The van der Waals surface area contributed by atoms with E-state index in [-0.39, 0.29) is 0 Å². The summed E-state index contributed by atoms with van der Waals surface area (Å²) < 4.78 is 1.89. The van der Waals surface area contributed by atoms with E-state index in [2.05, 4.69) is 12.0 Å². The number of rotatable bonds is 2. The molecular weight excluding hydrogens is 162 g/mol. The highest BCUT2D eigenvalue weighted by atomic mass is 15.2. The van der Waals surface area contributed by atoms with Gasteiger partial charge in [0.15, 0.2) is 0 Å². The minimum atomic E-state index is 0.566. The molecule has 2 heterocycles. The van der Waals surface area contributed by atoms with Gasteiger partial charge in [0.1, 0.15) is 0 Å². The average molecular weight is 175 g/mol. The summed E-state index contributed by atoms with van der Waals surface area (Å²) in [6.07, 6.45) is 2.89. The van der Waals surface area contributed by atoms with Gasteiger partial charge in [0.25, 0.3) is 0 Å². The zero-order valence-corrected chi connectivity index (χ0v) is 7.70. The molecule has 0 aliphatic carbocycles. The number of hydrogen-bond donors (Lipinski definition) is 1. The van der Waals surface area contributed by atoms with E-state index in [9.17, 15) is 0 Å². The third-order valence-corrected chi connectivity index (χ3v) is 2.26. The maximum absolute atomic E-state index is 5.68. The highest BCUT2D eigenvalue weighted by molar-refractivity contribution is 5.56. The molecule has 0 aliphatic heterocycles. The van der Waals surface area contributed by atoms with E-state index in [1.165, 1.54) is 5.56 Å². The van der Waals surface area contributed by atoms with Gasteiger partial charge in [0, 0.05) is 18.3 Å². The summed E-state index contributed by atoms with van der Waals surface area (Å²) in [5.74, 6) is 0. The topological polar surface area (TPSA) is 43.3 Å². The molecule has 3 nitrogen and oxygen atoms in total. The van der Waals surface area contributed by atoms with Crippen molar-refractivity contribution in [3.8, 4) is 0 Å². The molecule has 0 bridgehead atoms. The second-order valence-corrected chi connectivity index (χ2v) is 3.01. The van der Waals surface area contributed by atoms with Gasteiger partial charge in [0.05, 0.1) is 11.2 Å². The SMILES string of the molecule is CCc1nn2ccccc2c1CN. The molecule has 0 aliphatic rings. The Morgan fingerprint density at radius 3 is 3.00 bits per heavy atom. The summed E-state index contributed by atoms with van der Waals surface area (Å²) in [5.41, 5.74) is 9.08. The molecule has 2 aromatic heterocycles. The molecular formula is C10H13N3. The fourth-order valence-electron chi connectivity index (χ4n) is 1.61. The lowest BCUT2D eigenvalue weighted by atomic mass is 10.1. The predicted molar refractivity (Wildman–Crippen MR) is 52.5 cm³/mol. The second kappa shape index (κ2) is 3.18. The number of aromatic nitrogens is 2. The number of nitrogens with zero attached hydrogens (tertiary/aromatic N) is 2. The van der Waals surface area contributed by atoms with Crippen LogP contribution in [0.3, 0.4) is 0 Å². The molecule has 2 aromatic rings. The van der Waals surface area contributed by atoms with Crippen LogP contribution >= 0.6 is 0 Å². The van der Waals surface area contributed by atoms with Crippen molar-refractivity contribution in [2.75, 3.05) is 0 Å². The number of nitrogens with two attached hydrogens (primary N) is 1. The molecule has 0 atom stereocenters. The van der Waals surface area contributed by atoms with Crippen molar-refractivity contribution in [2.24, 2.45) is 5.73 Å². The highest BCUT2D eigenvalue weighted by Crippen LogP contribution is 2.14. The first-order valence-electron chi connectivity index (χ1n) is 4.52. The smallest absolute Gasteiger partial charge is 0.0709 e. The molecule has 68 valence electrons. The average Bonchev–Trinajstić information content (AvgIpc) is 2.55. The predicted octanol–water partition coefficient (Wildman–Crippen LogP) is 1.36. The van der Waals surface area contributed by atoms with Crippen LogP contribution in [0.5, 0.6) is 0 Å². The second-order valence-electron chi connectivity index (χ2n) is 3.01. The van der Waals surface area contributed by atoms with Gasteiger partial charge in [-0.3, -0.25) is 0 Å². The van der Waals surface area contributed by atoms with Crippen molar-refractivity contribution < 1.29 is 0 Å². The Morgan fingerprint density at radius 1 is 1.46 bits per heavy atom. The van der Waals surface area contributed by atoms with E-state index in [1.807, 2.05) is 28.9 Å². The molecule has 0 aromatic carbocycles. The van der Waals surface area contributed by atoms with Gasteiger partial charge >= 0.3 is 0 Å². The lowest BCUT2D eigenvalue weighted by Gasteiger charge is -1.94. The van der Waals surface area contributed by atoms with Gasteiger partial charge in [-0.15, -0.1) is 0 Å². The molecule has 2 rings (SSSR count). The number of aryl methyl sites for hydroxylation is 1. The number of fused-ring (bicyclic) bond motifs is 1. The third-order valence-electron chi connectivity index (χ3n) is 2.26. The van der Waals surface area contributed by atoms with E-state index in [4.69, 9.17) is 5.73 Å². The first-order valence-corrected chi connectivity index (χ1v) is 4.52. The van der Waals surface area contributed by atoms with Crippen LogP contribution in [0.4, 0.5) is 0 Å². The minimum Gasteiger partial charge on any atom is -0.326 e. The Balaban J connectivity index is 2.73. The van der Waals surface area contributed by atoms with Crippen LogP contribution in [-0.2, 0) is 13.0 Å². The molecule has 0 spiro atoms. The van der Waals surface area contributed by atoms with Gasteiger partial charge in [-0.1, -0.05) is 13.0 Å². The summed E-state index contributed by atoms with van der Waals surface area (Å²) in [7, 11) is 0. The van der Waals surface area contributed by atoms with Crippen LogP contribution in [0.25, 0.3) is 5.52 Å². The molecule has 13 heavy (non-hydrogen) atoms. The van der Waals surface area contributed by atoms with Gasteiger partial charge in [-0.25, -0.2) is 4.52 Å². The lowest BCUT2D eigenvalue weighted by molar-refractivity contribution is 0.889. The molecule has 0 radical (unpaired) electrons. The normalized spacial score (nSPS) is 10.9. The Kier molecular flexibility index (Phi) is 2.02. The first-order chi connectivity index (χ1) is 6.36. The minimum absolute atomic E-state index is 0.566. The van der Waals surface area contributed by atoms with Crippen molar-refractivity contribution in [2.45, 2.75) is 19.9 Å². The Hall–Kier alpha value is -1.35. The largest absolute Gasteiger partial charge is 0.326 e. The monoisotopic (exact) mass is 175 g/mol. The summed E-state index contributed by atoms with van der Waals surface area (Å²) in [6.45, 7) is 2.66. The Bertz CT molecular complexity index is 417. The summed E-state index contributed by atoms with van der Waals surface area (Å²) in [5, 5.41) is 4.44. The van der Waals surface area contributed by atoms with Crippen molar-refractivity contribution in [1.82, 2.24) is 9.61 Å². The maximum atomic E-state index is 5.68. The molecule has 0 saturated carbocycles. The zero-order valence-electron chi connectivity index (χ0n) is 7.70. The van der Waals surface area contributed by atoms with E-state index in [0.717, 1.165) is 17.6 Å². The number of pyridine rings is 1. The van der Waals surface area contributed by atoms with Crippen molar-refractivity contribution >= 4 is 5.52 Å². The molecule has 2 N–H and O–H groups in total. The van der Waals surface area contributed by atoms with E-state index >= 15 is 0 Å². The Labute approximate surface area is 77.2 Å². The van der Waals surface area contributed by atoms with Crippen molar-refractivity contribution in [3.05, 3.63) is 35.7 Å². The number of hydrogen-bond acceptors (Lipinski definition) is 2. The maximum Gasteiger partial charge on any atom is 0.0709 e. The van der Waals surface area contributed by atoms with E-state index < -0.39 is 0 Å². The van der Waals surface area contributed by atoms with Crippen LogP contribution in [-0.4, -0.2) is 9.61 Å². The van der Waals surface area contributed by atoms with Gasteiger partial charge in [-0.05, 0) is 18.6 Å². The van der Waals surface area contributed by atoms with Crippen LogP contribution in [0.15, 0.2) is 24.4 Å². The summed E-state index contributed by atoms with van der Waals surface area (Å²) in [4.78, 5) is 0. The van der Waals surface area contributed by atoms with Crippen molar-refractivity contribution in [3.63, 3.8) is 0 Å². The van der Waals surface area contributed by atoms with E-state index in [0.29, 0.717) is 6.54 Å². The zero-order chi connectivity index (χ0) is 9.26. The Morgan fingerprint density at radius 2 is 2.31 bits per heavy atom. The fraction of sp³-hybridized carbons (Fsp3) is 0.300. The van der Waals surface area contributed by atoms with Crippen LogP contribution < -0.4 is 5.73 Å². The molecule has 0 unspecified atom stereocenters. The van der Waals surface area contributed by atoms with Gasteiger partial charge < -0.3 is 5.73 Å². The lowest BCUT2D eigenvalue weighted by Crippen LogP contribution is -1.98. The van der Waals surface area contributed by atoms with Crippen LogP contribution in [0.1, 0.15) is 18.2 Å². The highest BCUT2D eigenvalue weighted by Gasteiger charge is 2.07. The van der Waals surface area contributed by atoms with Crippen molar-refractivity contribution in [1.29, 1.82) is 0 Å². The van der Waals surface area contributed by atoms with E-state index in [1.54, 1.807) is 0 Å². The molecule has 0 fully saturated rings. The quantitative estimate of drug-likeness (QED) is 0.748. The first kappa shape index (κ1) is 8.26. The molecule has 3 heteroatoms. The molecule has 0 saturated heterocycles. The fourth-order valence-corrected chi connectivity index (χ4v) is 1.61. The third kappa shape index (κ3) is 1.21. The molecule has 0 amide bonds. The van der Waals surface area contributed by atoms with Crippen LogP contribution in [0.2, 0.25) is 0 Å². The summed E-state index contributed by atoms with van der Waals surface area (Å²) in [6, 6.07) is 6.03. The standard InChI is InChI=1S/C10H13N3/c1-2-9-8(7-11)10-5-3-4-6-13(10)12-9/h3-6H,2,7,11H2,1H3. The summed E-state index contributed by atoms with van der Waals surface area (Å²) >= 11 is 0. The van der Waals surface area contributed by atoms with Crippen LogP contribution in [0, 0.1) is 0 Å².